The van der Waals surface area contributed by atoms with Crippen LogP contribution in [0.2, 0.25) is 0 Å². The van der Waals surface area contributed by atoms with Gasteiger partial charge in [0, 0.05) is 64.1 Å². The van der Waals surface area contributed by atoms with Crippen molar-refractivity contribution in [1.82, 2.24) is 15.5 Å². The lowest BCUT2D eigenvalue weighted by molar-refractivity contribution is -0.139. The highest BCUT2D eigenvalue weighted by atomic mass is 16.5. The van der Waals surface area contributed by atoms with E-state index in [2.05, 4.69) is 10.6 Å². The number of ether oxygens (including phenoxy) is 1. The molecule has 1 aliphatic rings. The van der Waals surface area contributed by atoms with E-state index in [9.17, 15) is 28.8 Å². The van der Waals surface area contributed by atoms with Gasteiger partial charge in [0.25, 0.3) is 0 Å². The summed E-state index contributed by atoms with van der Waals surface area (Å²) in [4.78, 5) is 71.5. The van der Waals surface area contributed by atoms with Gasteiger partial charge in [-0.25, -0.2) is 0 Å². The van der Waals surface area contributed by atoms with Crippen LogP contribution < -0.4 is 10.6 Å². The molecule has 0 aromatic heterocycles. The Bertz CT molecular complexity index is 975. The van der Waals surface area contributed by atoms with Crippen LogP contribution in [0.1, 0.15) is 57.1 Å². The number of likely N-dealkylation sites (tertiary alicyclic amines) is 1. The molecule has 1 atom stereocenters. The minimum Gasteiger partial charge on any atom is -0.379 e. The van der Waals surface area contributed by atoms with Crippen molar-refractivity contribution in [3.63, 3.8) is 0 Å². The maximum Gasteiger partial charge on any atom is 0.232 e. The number of nitrogens with one attached hydrogen (secondary N) is 2. The SMILES string of the molecule is CC(=O)CCNC(=O)CCc1ccc(CC(=O)CCOCCNC(=O)CCN2C(=O)CC(C)C2=O)cc1. The predicted octanol–water partition coefficient (Wildman–Crippen LogP) is 1.13. The number of Topliss-reactive ketones (excluding diaryl/α,β-unsaturated/α-hetero) is 2. The van der Waals surface area contributed by atoms with E-state index >= 15 is 0 Å². The van der Waals surface area contributed by atoms with Crippen LogP contribution in [0.25, 0.3) is 0 Å². The van der Waals surface area contributed by atoms with Crippen molar-refractivity contribution in [3.05, 3.63) is 35.4 Å². The third kappa shape index (κ3) is 11.5. The maximum atomic E-state index is 12.2. The predicted molar refractivity (Wildman–Crippen MR) is 135 cm³/mol. The fraction of sp³-hybridized carbons (Fsp3) is 0.556. The largest absolute Gasteiger partial charge is 0.379 e. The van der Waals surface area contributed by atoms with Crippen molar-refractivity contribution in [2.24, 2.45) is 5.92 Å². The molecule has 0 aliphatic carbocycles. The minimum absolute atomic E-state index is 0.0378. The van der Waals surface area contributed by atoms with E-state index in [1.807, 2.05) is 24.3 Å². The fourth-order valence-corrected chi connectivity index (χ4v) is 3.80. The number of benzene rings is 1. The average Bonchev–Trinajstić information content (AvgIpc) is 3.09. The molecule has 2 N–H and O–H groups in total. The van der Waals surface area contributed by atoms with E-state index in [4.69, 9.17) is 4.74 Å². The highest BCUT2D eigenvalue weighted by molar-refractivity contribution is 6.03. The summed E-state index contributed by atoms with van der Waals surface area (Å²) in [5.74, 6) is -1.07. The molecule has 0 saturated carbocycles. The fourth-order valence-electron chi connectivity index (χ4n) is 3.80. The molecule has 0 spiro atoms. The standard InChI is InChI=1S/C27H37N3O7/c1-19-17-26(35)30(27(19)36)14-10-25(34)29-13-16-37-15-11-23(32)18-22-5-3-21(4-6-22)7-8-24(33)28-12-9-20(2)31/h3-6,19H,7-18H2,1-2H3,(H,28,33)(H,29,34). The number of carbonyl (C=O) groups excluding carboxylic acids is 6. The Morgan fingerprint density at radius 3 is 2.19 bits per heavy atom. The van der Waals surface area contributed by atoms with Crippen LogP contribution in [0.5, 0.6) is 0 Å². The molecule has 2 rings (SSSR count). The second kappa shape index (κ2) is 15.7. The Balaban J connectivity index is 1.52. The average molecular weight is 516 g/mol. The third-order valence-corrected chi connectivity index (χ3v) is 5.99. The second-order valence-corrected chi connectivity index (χ2v) is 9.29. The molecule has 1 heterocycles. The molecule has 1 fully saturated rings. The summed E-state index contributed by atoms with van der Waals surface area (Å²) < 4.78 is 5.42. The quantitative estimate of drug-likeness (QED) is 0.234. The van der Waals surface area contributed by atoms with Crippen molar-refractivity contribution in [2.75, 3.05) is 32.8 Å². The monoisotopic (exact) mass is 515 g/mol. The molecule has 4 amide bonds. The molecule has 1 unspecified atom stereocenters. The Morgan fingerprint density at radius 1 is 0.892 bits per heavy atom. The van der Waals surface area contributed by atoms with Crippen molar-refractivity contribution in [1.29, 1.82) is 0 Å². The Morgan fingerprint density at radius 2 is 1.54 bits per heavy atom. The van der Waals surface area contributed by atoms with E-state index in [0.29, 0.717) is 32.2 Å². The number of aryl methyl sites for hydroxylation is 1. The van der Waals surface area contributed by atoms with Gasteiger partial charge < -0.3 is 15.4 Å². The summed E-state index contributed by atoms with van der Waals surface area (Å²) in [5.41, 5.74) is 1.88. The second-order valence-electron chi connectivity index (χ2n) is 9.29. The molecule has 1 aromatic carbocycles. The van der Waals surface area contributed by atoms with Gasteiger partial charge in [-0.2, -0.15) is 0 Å². The number of hydrogen-bond acceptors (Lipinski definition) is 7. The highest BCUT2D eigenvalue weighted by Gasteiger charge is 2.35. The number of hydrogen-bond donors (Lipinski definition) is 2. The number of ketones is 2. The lowest BCUT2D eigenvalue weighted by Gasteiger charge is -2.14. The highest BCUT2D eigenvalue weighted by Crippen LogP contribution is 2.18. The molecular formula is C27H37N3O7. The zero-order chi connectivity index (χ0) is 27.2. The maximum absolute atomic E-state index is 12.2. The van der Waals surface area contributed by atoms with Gasteiger partial charge in [-0.1, -0.05) is 31.2 Å². The summed E-state index contributed by atoms with van der Waals surface area (Å²) in [6.07, 6.45) is 2.05. The first-order valence-electron chi connectivity index (χ1n) is 12.7. The zero-order valence-corrected chi connectivity index (χ0v) is 21.7. The number of carbonyl (C=O) groups is 6. The van der Waals surface area contributed by atoms with Gasteiger partial charge in [-0.05, 0) is 24.5 Å². The number of amides is 4. The van der Waals surface area contributed by atoms with Gasteiger partial charge in [0.2, 0.25) is 23.6 Å². The lowest BCUT2D eigenvalue weighted by atomic mass is 10.0. The normalized spacial score (nSPS) is 15.1. The Kier molecular flexibility index (Phi) is 12.6. The molecule has 0 bridgehead atoms. The number of nitrogens with zero attached hydrogens (tertiary/aromatic N) is 1. The summed E-state index contributed by atoms with van der Waals surface area (Å²) >= 11 is 0. The van der Waals surface area contributed by atoms with Gasteiger partial charge in [-0.3, -0.25) is 33.7 Å². The summed E-state index contributed by atoms with van der Waals surface area (Å²) in [6, 6.07) is 7.56. The lowest BCUT2D eigenvalue weighted by Crippen LogP contribution is -2.35. The van der Waals surface area contributed by atoms with Crippen LogP contribution in [0.3, 0.4) is 0 Å². The van der Waals surface area contributed by atoms with Crippen LogP contribution >= 0.6 is 0 Å². The molecule has 1 aliphatic heterocycles. The van der Waals surface area contributed by atoms with Crippen LogP contribution in [-0.2, 0) is 46.3 Å². The van der Waals surface area contributed by atoms with Gasteiger partial charge >= 0.3 is 0 Å². The van der Waals surface area contributed by atoms with Crippen LogP contribution in [0.4, 0.5) is 0 Å². The van der Waals surface area contributed by atoms with Crippen LogP contribution in [0, 0.1) is 5.92 Å². The number of imide groups is 1. The number of rotatable bonds is 17. The van der Waals surface area contributed by atoms with Crippen molar-refractivity contribution in [3.8, 4) is 0 Å². The smallest absolute Gasteiger partial charge is 0.232 e. The van der Waals surface area contributed by atoms with Gasteiger partial charge in [0.05, 0.1) is 13.2 Å². The van der Waals surface area contributed by atoms with Crippen molar-refractivity contribution < 1.29 is 33.5 Å². The molecule has 202 valence electrons. The van der Waals surface area contributed by atoms with E-state index in [1.165, 1.54) is 6.92 Å². The third-order valence-electron chi connectivity index (χ3n) is 5.99. The Hall–Kier alpha value is -3.40. The molecule has 0 radical (unpaired) electrons. The molecule has 1 aromatic rings. The first-order chi connectivity index (χ1) is 17.7. The van der Waals surface area contributed by atoms with Gasteiger partial charge in [0.15, 0.2) is 0 Å². The van der Waals surface area contributed by atoms with Crippen molar-refractivity contribution >= 4 is 35.2 Å². The van der Waals surface area contributed by atoms with Crippen LogP contribution in [-0.4, -0.2) is 72.9 Å². The molecular weight excluding hydrogens is 478 g/mol. The summed E-state index contributed by atoms with van der Waals surface area (Å²) in [6.45, 7) is 4.42. The van der Waals surface area contributed by atoms with Crippen molar-refractivity contribution in [2.45, 2.75) is 58.8 Å². The molecule has 10 heteroatoms. The molecule has 1 saturated heterocycles. The Labute approximate surface area is 217 Å². The summed E-state index contributed by atoms with van der Waals surface area (Å²) in [5, 5.41) is 5.39. The molecule has 37 heavy (non-hydrogen) atoms. The zero-order valence-electron chi connectivity index (χ0n) is 21.7. The topological polar surface area (TPSA) is 139 Å². The summed E-state index contributed by atoms with van der Waals surface area (Å²) in [7, 11) is 0. The van der Waals surface area contributed by atoms with Gasteiger partial charge in [0.1, 0.15) is 11.6 Å². The van der Waals surface area contributed by atoms with E-state index < -0.39 is 0 Å². The molecule has 10 nitrogen and oxygen atoms in total. The van der Waals surface area contributed by atoms with Crippen LogP contribution in [0.15, 0.2) is 24.3 Å². The van der Waals surface area contributed by atoms with E-state index in [0.717, 1.165) is 16.0 Å². The van der Waals surface area contributed by atoms with Gasteiger partial charge in [-0.15, -0.1) is 0 Å². The first-order valence-corrected chi connectivity index (χ1v) is 12.7. The van der Waals surface area contributed by atoms with E-state index in [1.54, 1.807) is 6.92 Å². The minimum atomic E-state index is -0.318. The van der Waals surface area contributed by atoms with E-state index in [-0.39, 0.29) is 86.7 Å². The first kappa shape index (κ1) is 29.8.